The van der Waals surface area contributed by atoms with E-state index in [2.05, 4.69) is 15.9 Å². The third-order valence-corrected chi connectivity index (χ3v) is 6.06. The van der Waals surface area contributed by atoms with Crippen molar-refractivity contribution in [3.8, 4) is 0 Å². The largest absolute Gasteiger partial charge is 0.481 e. The predicted molar refractivity (Wildman–Crippen MR) is 110 cm³/mol. The number of carbonyl (C=O) groups is 4. The highest BCUT2D eigenvalue weighted by Gasteiger charge is 2.42. The van der Waals surface area contributed by atoms with Gasteiger partial charge in [0.2, 0.25) is 0 Å². The van der Waals surface area contributed by atoms with Crippen LogP contribution in [0.5, 0.6) is 0 Å². The van der Waals surface area contributed by atoms with Crippen molar-refractivity contribution in [3.63, 3.8) is 0 Å². The monoisotopic (exact) mass is 484 g/mol. The Bertz CT molecular complexity index is 961. The van der Waals surface area contributed by atoms with Crippen LogP contribution in [0.2, 0.25) is 0 Å². The number of amides is 2. The molecule has 0 aliphatic carbocycles. The van der Waals surface area contributed by atoms with Gasteiger partial charge in [-0.05, 0) is 24.6 Å². The van der Waals surface area contributed by atoms with Crippen LogP contribution in [-0.4, -0.2) is 56.3 Å². The Balaban J connectivity index is 2.03. The second kappa shape index (κ2) is 8.02. The Hall–Kier alpha value is -2.24. The molecule has 146 valence electrons. The normalized spacial score (nSPS) is 18.8. The molecule has 0 saturated carbocycles. The third-order valence-electron chi connectivity index (χ3n) is 4.12. The summed E-state index contributed by atoms with van der Waals surface area (Å²) in [7, 11) is 0. The van der Waals surface area contributed by atoms with Gasteiger partial charge in [0.05, 0.1) is 16.2 Å². The van der Waals surface area contributed by atoms with E-state index in [-0.39, 0.29) is 34.2 Å². The Labute approximate surface area is 177 Å². The molecule has 1 aromatic rings. The number of halogens is 1. The number of hydrogen-bond acceptors (Lipinski definition) is 6. The fraction of sp³-hybridized carbons (Fsp3) is 0.235. The summed E-state index contributed by atoms with van der Waals surface area (Å²) in [4.78, 5) is 50.1. The van der Waals surface area contributed by atoms with E-state index >= 15 is 0 Å². The highest BCUT2D eigenvalue weighted by molar-refractivity contribution is 9.10. The SMILES string of the molecule is O=C(O)CCCN1C(=O)C(=C2SC(=S)N(CC(=O)O)C2=O)c2cc(Br)ccc21. The van der Waals surface area contributed by atoms with Gasteiger partial charge in [-0.15, -0.1) is 0 Å². The molecule has 8 nitrogen and oxygen atoms in total. The maximum atomic E-state index is 13.1. The minimum absolute atomic E-state index is 0.0728. The van der Waals surface area contributed by atoms with E-state index in [9.17, 15) is 19.2 Å². The predicted octanol–water partition coefficient (Wildman–Crippen LogP) is 2.32. The minimum Gasteiger partial charge on any atom is -0.481 e. The highest BCUT2D eigenvalue weighted by atomic mass is 79.9. The average Bonchev–Trinajstić information content (AvgIpc) is 3.02. The number of benzene rings is 1. The van der Waals surface area contributed by atoms with Gasteiger partial charge in [-0.25, -0.2) is 0 Å². The van der Waals surface area contributed by atoms with Gasteiger partial charge in [0.25, 0.3) is 11.8 Å². The van der Waals surface area contributed by atoms with E-state index in [0.29, 0.717) is 15.7 Å². The second-order valence-corrected chi connectivity index (χ2v) is 8.53. The second-order valence-electron chi connectivity index (χ2n) is 5.97. The lowest BCUT2D eigenvalue weighted by Gasteiger charge is -2.16. The number of fused-ring (bicyclic) bond motifs is 1. The average molecular weight is 485 g/mol. The van der Waals surface area contributed by atoms with Crippen molar-refractivity contribution >= 4 is 79.2 Å². The molecule has 2 aliphatic rings. The summed E-state index contributed by atoms with van der Waals surface area (Å²) in [6.45, 7) is -0.401. The number of rotatable bonds is 6. The first-order valence-corrected chi connectivity index (χ1v) is 10.1. The van der Waals surface area contributed by atoms with Gasteiger partial charge < -0.3 is 15.1 Å². The molecule has 2 N–H and O–H groups in total. The first-order chi connectivity index (χ1) is 13.2. The molecular weight excluding hydrogens is 472 g/mol. The molecule has 0 aromatic heterocycles. The number of aliphatic carboxylic acids is 2. The zero-order valence-electron chi connectivity index (χ0n) is 14.2. The van der Waals surface area contributed by atoms with Crippen LogP contribution in [0.1, 0.15) is 18.4 Å². The van der Waals surface area contributed by atoms with Gasteiger partial charge in [0, 0.05) is 23.0 Å². The lowest BCUT2D eigenvalue weighted by molar-refractivity contribution is -0.140. The van der Waals surface area contributed by atoms with Crippen molar-refractivity contribution < 1.29 is 29.4 Å². The van der Waals surface area contributed by atoms with Crippen molar-refractivity contribution in [1.29, 1.82) is 0 Å². The summed E-state index contributed by atoms with van der Waals surface area (Å²) < 4.78 is 0.772. The molecule has 2 aliphatic heterocycles. The molecule has 2 heterocycles. The first kappa shape index (κ1) is 20.5. The van der Waals surface area contributed by atoms with E-state index in [0.717, 1.165) is 16.7 Å². The van der Waals surface area contributed by atoms with Crippen molar-refractivity contribution in [2.45, 2.75) is 12.8 Å². The molecule has 11 heteroatoms. The maximum Gasteiger partial charge on any atom is 0.323 e. The van der Waals surface area contributed by atoms with Crippen LogP contribution in [-0.2, 0) is 19.2 Å². The molecule has 28 heavy (non-hydrogen) atoms. The standard InChI is InChI=1S/C17H13BrN2O6S2/c18-8-3-4-10-9(6-8)13(15(25)19(10)5-1-2-11(21)22)14-16(26)20(7-12(23)24)17(27)28-14/h3-4,6H,1-2,5,7H2,(H,21,22)(H,23,24). The number of hydrogen-bond donors (Lipinski definition) is 2. The molecule has 2 amide bonds. The van der Waals surface area contributed by atoms with E-state index < -0.39 is 30.3 Å². The number of anilines is 1. The van der Waals surface area contributed by atoms with Gasteiger partial charge in [0.15, 0.2) is 0 Å². The van der Waals surface area contributed by atoms with E-state index in [1.165, 1.54) is 4.90 Å². The van der Waals surface area contributed by atoms with Crippen LogP contribution >= 0.6 is 39.9 Å². The fourth-order valence-electron chi connectivity index (χ4n) is 2.95. The smallest absolute Gasteiger partial charge is 0.323 e. The van der Waals surface area contributed by atoms with Gasteiger partial charge in [0.1, 0.15) is 10.9 Å². The summed E-state index contributed by atoms with van der Waals surface area (Å²) >= 11 is 9.35. The van der Waals surface area contributed by atoms with E-state index in [4.69, 9.17) is 22.4 Å². The van der Waals surface area contributed by atoms with Gasteiger partial charge in [-0.2, -0.15) is 0 Å². The van der Waals surface area contributed by atoms with Crippen LogP contribution in [0.4, 0.5) is 5.69 Å². The van der Waals surface area contributed by atoms with Crippen molar-refractivity contribution in [2.24, 2.45) is 0 Å². The Morgan fingerprint density at radius 1 is 1.11 bits per heavy atom. The Morgan fingerprint density at radius 3 is 2.46 bits per heavy atom. The summed E-state index contributed by atoms with van der Waals surface area (Å²) in [6.07, 6.45) is 0.162. The number of nitrogens with zero attached hydrogens (tertiary/aromatic N) is 2. The van der Waals surface area contributed by atoms with Crippen molar-refractivity contribution in [2.75, 3.05) is 18.0 Å². The molecular formula is C17H13BrN2O6S2. The Kier molecular flexibility index (Phi) is 5.87. The van der Waals surface area contributed by atoms with Crippen LogP contribution in [0, 0.1) is 0 Å². The number of thioether (sulfide) groups is 1. The lowest BCUT2D eigenvalue weighted by Crippen LogP contribution is -2.33. The number of carboxylic acid groups (broad SMARTS) is 2. The summed E-state index contributed by atoms with van der Waals surface area (Å²) in [5, 5.41) is 17.8. The number of carboxylic acids is 2. The van der Waals surface area contributed by atoms with Gasteiger partial charge in [-0.3, -0.25) is 24.1 Å². The number of thiocarbonyl (C=S) groups is 1. The zero-order chi connectivity index (χ0) is 20.6. The van der Waals surface area contributed by atoms with Crippen LogP contribution < -0.4 is 4.90 Å². The summed E-state index contributed by atoms with van der Waals surface area (Å²) in [5.41, 5.74) is 1.24. The molecule has 1 saturated heterocycles. The highest BCUT2D eigenvalue weighted by Crippen LogP contribution is 2.45. The minimum atomic E-state index is -1.21. The molecule has 0 radical (unpaired) electrons. The van der Waals surface area contributed by atoms with Crippen LogP contribution in [0.25, 0.3) is 5.57 Å². The Morgan fingerprint density at radius 2 is 1.82 bits per heavy atom. The lowest BCUT2D eigenvalue weighted by atomic mass is 10.1. The fourth-order valence-corrected chi connectivity index (χ4v) is 4.64. The van der Waals surface area contributed by atoms with E-state index in [1.807, 2.05) is 0 Å². The number of carbonyl (C=O) groups excluding carboxylic acids is 2. The molecule has 0 bridgehead atoms. The maximum absolute atomic E-state index is 13.1. The topological polar surface area (TPSA) is 115 Å². The summed E-state index contributed by atoms with van der Waals surface area (Å²) in [5.74, 6) is -3.23. The molecule has 0 atom stereocenters. The van der Waals surface area contributed by atoms with Gasteiger partial charge in [-0.1, -0.05) is 39.9 Å². The third kappa shape index (κ3) is 3.82. The molecule has 0 spiro atoms. The van der Waals surface area contributed by atoms with Gasteiger partial charge >= 0.3 is 11.9 Å². The summed E-state index contributed by atoms with van der Waals surface area (Å²) in [6, 6.07) is 5.15. The first-order valence-electron chi connectivity index (χ1n) is 8.04. The van der Waals surface area contributed by atoms with Crippen LogP contribution in [0.3, 0.4) is 0 Å². The van der Waals surface area contributed by atoms with Crippen molar-refractivity contribution in [3.05, 3.63) is 33.1 Å². The molecule has 1 fully saturated rings. The quantitative estimate of drug-likeness (QED) is 0.466. The van der Waals surface area contributed by atoms with E-state index in [1.54, 1.807) is 18.2 Å². The molecule has 3 rings (SSSR count). The van der Waals surface area contributed by atoms with Crippen molar-refractivity contribution in [1.82, 2.24) is 4.90 Å². The zero-order valence-corrected chi connectivity index (χ0v) is 17.4. The molecule has 0 unspecified atom stereocenters. The van der Waals surface area contributed by atoms with Crippen LogP contribution in [0.15, 0.2) is 27.6 Å². The molecule has 1 aromatic carbocycles.